The SMILES string of the molecule is C/C(=C\c1ccc(CN(C)CCCC(C)C)s1)c1ccco1. The lowest BCUT2D eigenvalue weighted by Crippen LogP contribution is -2.18. The standard InChI is InChI=1S/C19H27NOS/c1-15(2)7-5-11-20(4)14-18-10-9-17(22-18)13-16(3)19-8-6-12-21-19/h6,8-10,12-13,15H,5,7,11,14H2,1-4H3/b16-13+. The first kappa shape index (κ1) is 17.0. The molecule has 0 saturated carbocycles. The zero-order chi connectivity index (χ0) is 15.9. The van der Waals surface area contributed by atoms with Crippen molar-refractivity contribution >= 4 is 23.0 Å². The van der Waals surface area contributed by atoms with Gasteiger partial charge in [0.05, 0.1) is 6.26 Å². The van der Waals surface area contributed by atoms with Gasteiger partial charge in [0.15, 0.2) is 0 Å². The molecule has 0 amide bonds. The second-order valence-electron chi connectivity index (χ2n) is 6.38. The van der Waals surface area contributed by atoms with Gasteiger partial charge < -0.3 is 9.32 Å². The van der Waals surface area contributed by atoms with Gasteiger partial charge in [0.25, 0.3) is 0 Å². The number of hydrogen-bond donors (Lipinski definition) is 0. The first-order valence-electron chi connectivity index (χ1n) is 8.04. The Morgan fingerprint density at radius 2 is 2.14 bits per heavy atom. The summed E-state index contributed by atoms with van der Waals surface area (Å²) in [6.45, 7) is 8.89. The van der Waals surface area contributed by atoms with E-state index in [-0.39, 0.29) is 0 Å². The summed E-state index contributed by atoms with van der Waals surface area (Å²) in [6, 6.07) is 8.38. The number of rotatable bonds is 8. The van der Waals surface area contributed by atoms with Gasteiger partial charge in [-0.05, 0) is 75.2 Å². The Morgan fingerprint density at radius 1 is 1.32 bits per heavy atom. The van der Waals surface area contributed by atoms with E-state index in [9.17, 15) is 0 Å². The maximum absolute atomic E-state index is 5.43. The molecule has 0 bridgehead atoms. The molecule has 0 saturated heterocycles. The minimum absolute atomic E-state index is 0.802. The van der Waals surface area contributed by atoms with E-state index in [1.54, 1.807) is 6.26 Å². The number of hydrogen-bond acceptors (Lipinski definition) is 3. The Labute approximate surface area is 138 Å². The highest BCUT2D eigenvalue weighted by Gasteiger charge is 2.05. The molecule has 22 heavy (non-hydrogen) atoms. The van der Waals surface area contributed by atoms with E-state index in [0.717, 1.165) is 18.2 Å². The van der Waals surface area contributed by atoms with Crippen molar-refractivity contribution in [2.75, 3.05) is 13.6 Å². The van der Waals surface area contributed by atoms with Crippen LogP contribution in [0.25, 0.3) is 11.6 Å². The van der Waals surface area contributed by atoms with Crippen LogP contribution in [-0.2, 0) is 6.54 Å². The first-order chi connectivity index (χ1) is 10.5. The summed E-state index contributed by atoms with van der Waals surface area (Å²) in [6.07, 6.45) is 6.51. The lowest BCUT2D eigenvalue weighted by molar-refractivity contribution is 0.313. The Kier molecular flexibility index (Phi) is 6.47. The predicted octanol–water partition coefficient (Wildman–Crippen LogP) is 5.77. The van der Waals surface area contributed by atoms with E-state index in [2.05, 4.69) is 50.9 Å². The van der Waals surface area contributed by atoms with Crippen LogP contribution < -0.4 is 0 Å². The molecule has 120 valence electrons. The Balaban J connectivity index is 1.87. The molecule has 2 aromatic rings. The second kappa shape index (κ2) is 8.35. The molecule has 2 heterocycles. The lowest BCUT2D eigenvalue weighted by Gasteiger charge is -2.16. The van der Waals surface area contributed by atoms with Crippen molar-refractivity contribution < 1.29 is 4.42 Å². The summed E-state index contributed by atoms with van der Waals surface area (Å²) < 4.78 is 5.43. The van der Waals surface area contributed by atoms with E-state index in [0.29, 0.717) is 0 Å². The fourth-order valence-electron chi connectivity index (χ4n) is 2.46. The largest absolute Gasteiger partial charge is 0.465 e. The summed E-state index contributed by atoms with van der Waals surface area (Å²) in [5.41, 5.74) is 1.17. The molecule has 2 nitrogen and oxygen atoms in total. The van der Waals surface area contributed by atoms with Gasteiger partial charge in [0, 0.05) is 16.3 Å². The quantitative estimate of drug-likeness (QED) is 0.614. The van der Waals surface area contributed by atoms with Gasteiger partial charge in [0.1, 0.15) is 5.76 Å². The molecule has 0 aliphatic carbocycles. The smallest absolute Gasteiger partial charge is 0.129 e. The summed E-state index contributed by atoms with van der Waals surface area (Å²) in [5.74, 6) is 1.75. The molecule has 0 N–H and O–H groups in total. The first-order valence-corrected chi connectivity index (χ1v) is 8.85. The molecule has 0 fully saturated rings. The van der Waals surface area contributed by atoms with Crippen molar-refractivity contribution in [3.63, 3.8) is 0 Å². The van der Waals surface area contributed by atoms with Crippen LogP contribution in [0.5, 0.6) is 0 Å². The molecule has 0 unspecified atom stereocenters. The van der Waals surface area contributed by atoms with Gasteiger partial charge in [-0.3, -0.25) is 0 Å². The van der Waals surface area contributed by atoms with Gasteiger partial charge in [-0.1, -0.05) is 13.8 Å². The van der Waals surface area contributed by atoms with Crippen LogP contribution in [0.15, 0.2) is 34.9 Å². The Bertz CT molecular complexity index is 580. The Hall–Kier alpha value is -1.32. The maximum Gasteiger partial charge on any atom is 0.129 e. The van der Waals surface area contributed by atoms with Crippen LogP contribution >= 0.6 is 11.3 Å². The fraction of sp³-hybridized carbons (Fsp3) is 0.474. The molecule has 0 aromatic carbocycles. The molecule has 2 rings (SSSR count). The van der Waals surface area contributed by atoms with Gasteiger partial charge >= 0.3 is 0 Å². The summed E-state index contributed by atoms with van der Waals surface area (Å²) in [7, 11) is 2.21. The third-order valence-corrected chi connectivity index (χ3v) is 4.72. The minimum atomic E-state index is 0.802. The third kappa shape index (κ3) is 5.47. The molecule has 0 atom stereocenters. The van der Waals surface area contributed by atoms with Crippen molar-refractivity contribution in [2.24, 2.45) is 5.92 Å². The molecular formula is C19H27NOS. The highest BCUT2D eigenvalue weighted by Crippen LogP contribution is 2.24. The molecule has 0 aliphatic rings. The van der Waals surface area contributed by atoms with E-state index >= 15 is 0 Å². The number of nitrogens with zero attached hydrogens (tertiary/aromatic N) is 1. The molecular weight excluding hydrogens is 290 g/mol. The van der Waals surface area contributed by atoms with Crippen molar-refractivity contribution in [1.29, 1.82) is 0 Å². The van der Waals surface area contributed by atoms with Crippen molar-refractivity contribution in [3.8, 4) is 0 Å². The second-order valence-corrected chi connectivity index (χ2v) is 7.58. The molecule has 0 radical (unpaired) electrons. The van der Waals surface area contributed by atoms with Gasteiger partial charge in [-0.2, -0.15) is 0 Å². The topological polar surface area (TPSA) is 16.4 Å². The van der Waals surface area contributed by atoms with Gasteiger partial charge in [0.2, 0.25) is 0 Å². The van der Waals surface area contributed by atoms with E-state index in [1.165, 1.54) is 34.7 Å². The monoisotopic (exact) mass is 317 g/mol. The average Bonchev–Trinajstić information content (AvgIpc) is 3.09. The number of furan rings is 1. The Morgan fingerprint density at radius 3 is 2.82 bits per heavy atom. The molecule has 2 aromatic heterocycles. The van der Waals surface area contributed by atoms with Gasteiger partial charge in [-0.15, -0.1) is 11.3 Å². The highest BCUT2D eigenvalue weighted by atomic mass is 32.1. The maximum atomic E-state index is 5.43. The van der Waals surface area contributed by atoms with E-state index in [1.807, 2.05) is 23.5 Å². The fourth-order valence-corrected chi connectivity index (χ4v) is 3.55. The highest BCUT2D eigenvalue weighted by molar-refractivity contribution is 7.12. The summed E-state index contributed by atoms with van der Waals surface area (Å²) in [5, 5.41) is 0. The third-order valence-electron chi connectivity index (χ3n) is 3.70. The van der Waals surface area contributed by atoms with Gasteiger partial charge in [-0.25, -0.2) is 0 Å². The van der Waals surface area contributed by atoms with Crippen LogP contribution in [0.1, 0.15) is 49.1 Å². The van der Waals surface area contributed by atoms with Crippen LogP contribution in [0.2, 0.25) is 0 Å². The van der Waals surface area contributed by atoms with Crippen LogP contribution in [0, 0.1) is 5.92 Å². The number of thiophene rings is 1. The molecule has 3 heteroatoms. The predicted molar refractivity (Wildman–Crippen MR) is 97.0 cm³/mol. The van der Waals surface area contributed by atoms with E-state index in [4.69, 9.17) is 4.42 Å². The average molecular weight is 317 g/mol. The van der Waals surface area contributed by atoms with Crippen LogP contribution in [0.4, 0.5) is 0 Å². The van der Waals surface area contributed by atoms with E-state index < -0.39 is 0 Å². The summed E-state index contributed by atoms with van der Waals surface area (Å²) in [4.78, 5) is 5.13. The van der Waals surface area contributed by atoms with Crippen molar-refractivity contribution in [3.05, 3.63) is 46.0 Å². The summed E-state index contributed by atoms with van der Waals surface area (Å²) >= 11 is 1.87. The lowest BCUT2D eigenvalue weighted by atomic mass is 10.1. The van der Waals surface area contributed by atoms with Crippen LogP contribution in [-0.4, -0.2) is 18.5 Å². The van der Waals surface area contributed by atoms with Crippen LogP contribution in [0.3, 0.4) is 0 Å². The normalized spacial score (nSPS) is 12.5. The molecule has 0 aliphatic heterocycles. The van der Waals surface area contributed by atoms with Crippen molar-refractivity contribution in [2.45, 2.75) is 40.2 Å². The minimum Gasteiger partial charge on any atom is -0.465 e. The zero-order valence-corrected chi connectivity index (χ0v) is 15.0. The van der Waals surface area contributed by atoms with Crippen molar-refractivity contribution in [1.82, 2.24) is 4.90 Å². The number of allylic oxidation sites excluding steroid dienone is 1. The zero-order valence-electron chi connectivity index (χ0n) is 14.1. The molecule has 0 spiro atoms.